The predicted molar refractivity (Wildman–Crippen MR) is 69.6 cm³/mol. The van der Waals surface area contributed by atoms with Crippen LogP contribution in [0.25, 0.3) is 0 Å². The molecular formula is C14H17NO3. The summed E-state index contributed by atoms with van der Waals surface area (Å²) >= 11 is 0. The number of amides is 1. The van der Waals surface area contributed by atoms with E-state index in [-0.39, 0.29) is 12.3 Å². The lowest BCUT2D eigenvalue weighted by Gasteiger charge is -2.19. The molecule has 4 heteroatoms. The highest BCUT2D eigenvalue weighted by Crippen LogP contribution is 2.40. The van der Waals surface area contributed by atoms with Crippen LogP contribution in [0.3, 0.4) is 0 Å². The molecule has 1 heterocycles. The highest BCUT2D eigenvalue weighted by molar-refractivity contribution is 6.05. The molecule has 0 saturated carbocycles. The number of fused-ring (bicyclic) bond motifs is 1. The van der Waals surface area contributed by atoms with Gasteiger partial charge in [-0.1, -0.05) is 11.6 Å². The summed E-state index contributed by atoms with van der Waals surface area (Å²) in [6, 6.07) is 5.19. The van der Waals surface area contributed by atoms with E-state index in [1.165, 1.54) is 0 Å². The molecule has 1 aromatic carbocycles. The Balaban J connectivity index is 2.41. The van der Waals surface area contributed by atoms with Crippen molar-refractivity contribution in [3.63, 3.8) is 0 Å². The summed E-state index contributed by atoms with van der Waals surface area (Å²) in [5.41, 5.74) is 0.812. The number of benzene rings is 1. The summed E-state index contributed by atoms with van der Waals surface area (Å²) in [5, 5.41) is 13.2. The molecule has 0 bridgehead atoms. The molecule has 1 aliphatic heterocycles. The Morgan fingerprint density at radius 2 is 2.22 bits per heavy atom. The number of carbonyl (C=O) groups excluding carboxylic acids is 1. The molecule has 0 saturated heterocycles. The number of carbonyl (C=O) groups is 1. The van der Waals surface area contributed by atoms with Gasteiger partial charge in [0.2, 0.25) is 0 Å². The van der Waals surface area contributed by atoms with Crippen molar-refractivity contribution in [2.75, 3.05) is 12.4 Å². The second-order valence-corrected chi connectivity index (χ2v) is 4.71. The van der Waals surface area contributed by atoms with Crippen LogP contribution in [0.1, 0.15) is 25.8 Å². The van der Waals surface area contributed by atoms with E-state index in [2.05, 4.69) is 5.32 Å². The molecule has 0 aliphatic carbocycles. The fourth-order valence-electron chi connectivity index (χ4n) is 2.02. The predicted octanol–water partition coefficient (Wildman–Crippen LogP) is 2.19. The van der Waals surface area contributed by atoms with Crippen LogP contribution in [0.15, 0.2) is 29.8 Å². The van der Waals surface area contributed by atoms with E-state index >= 15 is 0 Å². The van der Waals surface area contributed by atoms with Gasteiger partial charge in [-0.2, -0.15) is 0 Å². The molecule has 1 aliphatic rings. The minimum absolute atomic E-state index is 0.278. The molecule has 96 valence electrons. The fourth-order valence-corrected chi connectivity index (χ4v) is 2.02. The van der Waals surface area contributed by atoms with Crippen molar-refractivity contribution in [1.29, 1.82) is 0 Å². The SMILES string of the molecule is COc1ccc2c(c1)NC(=O)C2(O)CC=C(C)C. The van der Waals surface area contributed by atoms with E-state index < -0.39 is 5.60 Å². The number of allylic oxidation sites excluding steroid dienone is 1. The van der Waals surface area contributed by atoms with Gasteiger partial charge in [-0.25, -0.2) is 0 Å². The lowest BCUT2D eigenvalue weighted by atomic mass is 9.91. The number of nitrogens with one attached hydrogen (secondary N) is 1. The van der Waals surface area contributed by atoms with E-state index in [4.69, 9.17) is 4.74 Å². The van der Waals surface area contributed by atoms with Crippen molar-refractivity contribution in [1.82, 2.24) is 0 Å². The number of rotatable bonds is 3. The van der Waals surface area contributed by atoms with Gasteiger partial charge in [-0.3, -0.25) is 4.79 Å². The molecule has 0 fully saturated rings. The molecular weight excluding hydrogens is 230 g/mol. The van der Waals surface area contributed by atoms with Gasteiger partial charge >= 0.3 is 0 Å². The van der Waals surface area contributed by atoms with Gasteiger partial charge in [0.1, 0.15) is 5.75 Å². The van der Waals surface area contributed by atoms with Crippen molar-refractivity contribution in [2.45, 2.75) is 25.9 Å². The topological polar surface area (TPSA) is 58.6 Å². The van der Waals surface area contributed by atoms with Crippen LogP contribution in [-0.4, -0.2) is 18.1 Å². The van der Waals surface area contributed by atoms with Gasteiger partial charge < -0.3 is 15.2 Å². The first-order valence-electron chi connectivity index (χ1n) is 5.83. The third-order valence-corrected chi connectivity index (χ3v) is 3.10. The Bertz CT molecular complexity index is 518. The number of methoxy groups -OCH3 is 1. The standard InChI is InChI=1S/C14H17NO3/c1-9(2)6-7-14(17)11-5-4-10(18-3)8-12(11)15-13(14)16/h4-6,8,17H,7H2,1-3H3,(H,15,16). The Morgan fingerprint density at radius 3 is 2.83 bits per heavy atom. The number of aliphatic hydroxyl groups is 1. The Labute approximate surface area is 106 Å². The van der Waals surface area contributed by atoms with Crippen molar-refractivity contribution >= 4 is 11.6 Å². The van der Waals surface area contributed by atoms with Crippen LogP contribution in [0.5, 0.6) is 5.75 Å². The van der Waals surface area contributed by atoms with E-state index in [0.717, 1.165) is 5.57 Å². The first-order valence-corrected chi connectivity index (χ1v) is 5.83. The Hall–Kier alpha value is -1.81. The zero-order chi connectivity index (χ0) is 13.3. The van der Waals surface area contributed by atoms with Crippen LogP contribution in [0.4, 0.5) is 5.69 Å². The van der Waals surface area contributed by atoms with E-state index in [0.29, 0.717) is 17.0 Å². The van der Waals surface area contributed by atoms with Crippen LogP contribution >= 0.6 is 0 Å². The molecule has 0 radical (unpaired) electrons. The molecule has 1 atom stereocenters. The Kier molecular flexibility index (Phi) is 3.13. The summed E-state index contributed by atoms with van der Waals surface area (Å²) in [7, 11) is 1.56. The van der Waals surface area contributed by atoms with E-state index in [1.807, 2.05) is 19.9 Å². The zero-order valence-corrected chi connectivity index (χ0v) is 10.8. The molecule has 1 unspecified atom stereocenters. The lowest BCUT2D eigenvalue weighted by molar-refractivity contribution is -0.133. The van der Waals surface area contributed by atoms with Gasteiger partial charge in [-0.15, -0.1) is 0 Å². The van der Waals surface area contributed by atoms with Crippen molar-refractivity contribution in [3.8, 4) is 5.75 Å². The molecule has 2 N–H and O–H groups in total. The number of anilines is 1. The summed E-state index contributed by atoms with van der Waals surface area (Å²) in [6.45, 7) is 3.87. The smallest absolute Gasteiger partial charge is 0.261 e. The minimum atomic E-state index is -1.47. The second-order valence-electron chi connectivity index (χ2n) is 4.71. The van der Waals surface area contributed by atoms with Crippen LogP contribution in [0.2, 0.25) is 0 Å². The highest BCUT2D eigenvalue weighted by atomic mass is 16.5. The Morgan fingerprint density at radius 1 is 1.50 bits per heavy atom. The van der Waals surface area contributed by atoms with Crippen molar-refractivity contribution < 1.29 is 14.6 Å². The molecule has 18 heavy (non-hydrogen) atoms. The van der Waals surface area contributed by atoms with Gasteiger partial charge in [0.25, 0.3) is 5.91 Å². The van der Waals surface area contributed by atoms with Gasteiger partial charge in [0.05, 0.1) is 12.8 Å². The molecule has 1 amide bonds. The minimum Gasteiger partial charge on any atom is -0.497 e. The second kappa shape index (κ2) is 4.46. The maximum Gasteiger partial charge on any atom is 0.261 e. The summed E-state index contributed by atoms with van der Waals surface area (Å²) in [4.78, 5) is 11.9. The summed E-state index contributed by atoms with van der Waals surface area (Å²) in [5.74, 6) is 0.267. The molecule has 2 rings (SSSR count). The van der Waals surface area contributed by atoms with Gasteiger partial charge in [0, 0.05) is 18.1 Å². The normalized spacial score (nSPS) is 21.2. The summed E-state index contributed by atoms with van der Waals surface area (Å²) < 4.78 is 5.10. The van der Waals surface area contributed by atoms with E-state index in [1.54, 1.807) is 25.3 Å². The number of hydrogen-bond acceptors (Lipinski definition) is 3. The first-order chi connectivity index (χ1) is 8.47. The molecule has 1 aromatic rings. The maximum absolute atomic E-state index is 11.9. The number of ether oxygens (including phenoxy) is 1. The van der Waals surface area contributed by atoms with Crippen LogP contribution < -0.4 is 10.1 Å². The third-order valence-electron chi connectivity index (χ3n) is 3.10. The highest BCUT2D eigenvalue weighted by Gasteiger charge is 2.44. The lowest BCUT2D eigenvalue weighted by Crippen LogP contribution is -2.33. The molecule has 0 aromatic heterocycles. The van der Waals surface area contributed by atoms with Crippen molar-refractivity contribution in [3.05, 3.63) is 35.4 Å². The zero-order valence-electron chi connectivity index (χ0n) is 10.8. The van der Waals surface area contributed by atoms with Gasteiger partial charge in [0.15, 0.2) is 5.60 Å². The average Bonchev–Trinajstić information content (AvgIpc) is 2.59. The fraction of sp³-hybridized carbons (Fsp3) is 0.357. The quantitative estimate of drug-likeness (QED) is 0.805. The average molecular weight is 247 g/mol. The van der Waals surface area contributed by atoms with Crippen LogP contribution in [0, 0.1) is 0 Å². The maximum atomic E-state index is 11.9. The van der Waals surface area contributed by atoms with Crippen LogP contribution in [-0.2, 0) is 10.4 Å². The van der Waals surface area contributed by atoms with Gasteiger partial charge in [-0.05, 0) is 26.0 Å². The summed E-state index contributed by atoms with van der Waals surface area (Å²) in [6.07, 6.45) is 2.14. The molecule has 0 spiro atoms. The monoisotopic (exact) mass is 247 g/mol. The largest absolute Gasteiger partial charge is 0.497 e. The molecule has 4 nitrogen and oxygen atoms in total. The van der Waals surface area contributed by atoms with E-state index in [9.17, 15) is 9.90 Å². The third kappa shape index (κ3) is 1.99. The first kappa shape index (κ1) is 12.6. The van der Waals surface area contributed by atoms with Crippen molar-refractivity contribution in [2.24, 2.45) is 0 Å². The number of hydrogen-bond donors (Lipinski definition) is 2.